The molecule has 8 nitrogen and oxygen atoms in total. The second-order valence-electron chi connectivity index (χ2n) is 5.19. The molecule has 3 rings (SSSR count). The van der Waals surface area contributed by atoms with Crippen LogP contribution in [0.1, 0.15) is 20.7 Å². The molecule has 1 heterocycles. The van der Waals surface area contributed by atoms with Crippen molar-refractivity contribution in [3.63, 3.8) is 0 Å². The zero-order valence-corrected chi connectivity index (χ0v) is 13.5. The van der Waals surface area contributed by atoms with Crippen LogP contribution in [0.4, 0.5) is 16.2 Å². The number of ether oxygens (including phenoxy) is 2. The molecular weight excluding hydrogens is 326 g/mol. The van der Waals surface area contributed by atoms with Gasteiger partial charge in [-0.15, -0.1) is 0 Å². The molecule has 128 valence electrons. The largest absolute Gasteiger partial charge is 0.493 e. The van der Waals surface area contributed by atoms with Crippen molar-refractivity contribution in [1.29, 1.82) is 0 Å². The number of hydrogen-bond donors (Lipinski definition) is 3. The van der Waals surface area contributed by atoms with Gasteiger partial charge in [-0.25, -0.2) is 4.79 Å². The quantitative estimate of drug-likeness (QED) is 0.740. The standard InChI is InChI=1S/C17H15N3O5/c1-24-13-6-4-10(8-14(13)25-2)19-17(23)18-9-3-5-11-12(7-9)16(22)20-15(11)21/h3-8H,1-2H3,(H2,18,19,23)(H,20,21,22). The number of urea groups is 1. The van der Waals surface area contributed by atoms with Crippen LogP contribution in [0, 0.1) is 0 Å². The number of nitrogens with one attached hydrogen (secondary N) is 3. The van der Waals surface area contributed by atoms with Gasteiger partial charge in [0, 0.05) is 17.4 Å². The van der Waals surface area contributed by atoms with E-state index in [2.05, 4.69) is 16.0 Å². The van der Waals surface area contributed by atoms with Crippen molar-refractivity contribution >= 4 is 29.2 Å². The number of imide groups is 1. The first-order valence-corrected chi connectivity index (χ1v) is 7.31. The minimum Gasteiger partial charge on any atom is -0.493 e. The summed E-state index contributed by atoms with van der Waals surface area (Å²) in [5, 5.41) is 7.45. The number of carbonyl (C=O) groups excluding carboxylic acids is 3. The fourth-order valence-electron chi connectivity index (χ4n) is 2.45. The van der Waals surface area contributed by atoms with Crippen molar-refractivity contribution < 1.29 is 23.9 Å². The summed E-state index contributed by atoms with van der Waals surface area (Å²) in [6.07, 6.45) is 0. The van der Waals surface area contributed by atoms with Gasteiger partial charge in [-0.1, -0.05) is 0 Å². The maximum atomic E-state index is 12.1. The first-order valence-electron chi connectivity index (χ1n) is 7.31. The molecule has 0 saturated heterocycles. The normalized spacial score (nSPS) is 12.2. The van der Waals surface area contributed by atoms with Crippen LogP contribution in [-0.2, 0) is 0 Å². The van der Waals surface area contributed by atoms with E-state index in [-0.39, 0.29) is 11.1 Å². The molecule has 0 aliphatic carbocycles. The Bertz CT molecular complexity index is 879. The molecule has 0 saturated carbocycles. The number of rotatable bonds is 4. The van der Waals surface area contributed by atoms with Crippen molar-refractivity contribution in [2.24, 2.45) is 0 Å². The summed E-state index contributed by atoms with van der Waals surface area (Å²) in [6.45, 7) is 0. The SMILES string of the molecule is COc1ccc(NC(=O)Nc2ccc3c(c2)C(=O)NC3=O)cc1OC. The highest BCUT2D eigenvalue weighted by atomic mass is 16.5. The van der Waals surface area contributed by atoms with Gasteiger partial charge >= 0.3 is 6.03 Å². The van der Waals surface area contributed by atoms with Gasteiger partial charge < -0.3 is 20.1 Å². The Balaban J connectivity index is 1.72. The summed E-state index contributed by atoms with van der Waals surface area (Å²) in [5.41, 5.74) is 1.41. The number of carbonyl (C=O) groups is 3. The van der Waals surface area contributed by atoms with E-state index < -0.39 is 17.8 Å². The minimum absolute atomic E-state index is 0.230. The third-order valence-corrected chi connectivity index (χ3v) is 3.64. The van der Waals surface area contributed by atoms with Crippen LogP contribution in [0.25, 0.3) is 0 Å². The third kappa shape index (κ3) is 3.23. The van der Waals surface area contributed by atoms with Crippen molar-refractivity contribution in [1.82, 2.24) is 5.32 Å². The Morgan fingerprint density at radius 1 is 0.840 bits per heavy atom. The Hall–Kier alpha value is -3.55. The molecule has 0 fully saturated rings. The van der Waals surface area contributed by atoms with E-state index in [0.717, 1.165) is 0 Å². The number of fused-ring (bicyclic) bond motifs is 1. The summed E-state index contributed by atoms with van der Waals surface area (Å²) in [6, 6.07) is 8.93. The lowest BCUT2D eigenvalue weighted by atomic mass is 10.1. The number of hydrogen-bond acceptors (Lipinski definition) is 5. The first-order chi connectivity index (χ1) is 12.0. The summed E-state index contributed by atoms with van der Waals surface area (Å²) in [4.78, 5) is 35.3. The topological polar surface area (TPSA) is 106 Å². The molecule has 3 N–H and O–H groups in total. The predicted molar refractivity (Wildman–Crippen MR) is 90.4 cm³/mol. The lowest BCUT2D eigenvalue weighted by molar-refractivity contribution is 0.0879. The van der Waals surface area contributed by atoms with E-state index in [4.69, 9.17) is 9.47 Å². The van der Waals surface area contributed by atoms with Crippen molar-refractivity contribution in [3.8, 4) is 11.5 Å². The fourth-order valence-corrected chi connectivity index (χ4v) is 2.45. The highest BCUT2D eigenvalue weighted by Crippen LogP contribution is 2.29. The molecular formula is C17H15N3O5. The number of benzene rings is 2. The lowest BCUT2D eigenvalue weighted by Gasteiger charge is -2.11. The molecule has 0 aromatic heterocycles. The van der Waals surface area contributed by atoms with Gasteiger partial charge in [-0.3, -0.25) is 14.9 Å². The monoisotopic (exact) mass is 341 g/mol. The van der Waals surface area contributed by atoms with Crippen LogP contribution >= 0.6 is 0 Å². The Labute approximate surface area is 143 Å². The maximum absolute atomic E-state index is 12.1. The third-order valence-electron chi connectivity index (χ3n) is 3.64. The van der Waals surface area contributed by atoms with Crippen LogP contribution in [0.15, 0.2) is 36.4 Å². The molecule has 2 aromatic carbocycles. The second kappa shape index (κ2) is 6.52. The van der Waals surface area contributed by atoms with E-state index >= 15 is 0 Å². The predicted octanol–water partition coefficient (Wildman–Crippen LogP) is 2.23. The summed E-state index contributed by atoms with van der Waals surface area (Å²) < 4.78 is 10.3. The second-order valence-corrected chi connectivity index (χ2v) is 5.19. The van der Waals surface area contributed by atoms with E-state index in [1.165, 1.54) is 26.4 Å². The first kappa shape index (κ1) is 16.3. The van der Waals surface area contributed by atoms with Gasteiger partial charge in [0.2, 0.25) is 0 Å². The van der Waals surface area contributed by atoms with Crippen molar-refractivity contribution in [2.45, 2.75) is 0 Å². The van der Waals surface area contributed by atoms with Crippen LogP contribution in [0.2, 0.25) is 0 Å². The molecule has 0 unspecified atom stereocenters. The summed E-state index contributed by atoms with van der Waals surface area (Å²) in [7, 11) is 3.02. The van der Waals surface area contributed by atoms with Crippen LogP contribution in [0.5, 0.6) is 11.5 Å². The minimum atomic E-state index is -0.503. The zero-order chi connectivity index (χ0) is 18.0. The van der Waals surface area contributed by atoms with Gasteiger partial charge in [-0.2, -0.15) is 0 Å². The Kier molecular flexibility index (Phi) is 4.25. The molecule has 1 aliphatic heterocycles. The number of anilines is 2. The van der Waals surface area contributed by atoms with Crippen LogP contribution in [-0.4, -0.2) is 32.1 Å². The molecule has 0 radical (unpaired) electrons. The van der Waals surface area contributed by atoms with E-state index in [1.54, 1.807) is 24.3 Å². The zero-order valence-electron chi connectivity index (χ0n) is 13.5. The molecule has 1 aliphatic rings. The Morgan fingerprint density at radius 3 is 2.12 bits per heavy atom. The average molecular weight is 341 g/mol. The van der Waals surface area contributed by atoms with E-state index in [9.17, 15) is 14.4 Å². The highest BCUT2D eigenvalue weighted by molar-refractivity contribution is 6.22. The van der Waals surface area contributed by atoms with E-state index in [1.807, 2.05) is 0 Å². The maximum Gasteiger partial charge on any atom is 0.323 e. The molecule has 0 bridgehead atoms. The summed E-state index contributed by atoms with van der Waals surface area (Å²) >= 11 is 0. The molecule has 4 amide bonds. The molecule has 8 heteroatoms. The van der Waals surface area contributed by atoms with Crippen molar-refractivity contribution in [3.05, 3.63) is 47.5 Å². The smallest absolute Gasteiger partial charge is 0.323 e. The molecule has 25 heavy (non-hydrogen) atoms. The summed E-state index contributed by atoms with van der Waals surface area (Å²) in [5.74, 6) is 0.0982. The highest BCUT2D eigenvalue weighted by Gasteiger charge is 2.26. The van der Waals surface area contributed by atoms with Gasteiger partial charge in [0.25, 0.3) is 11.8 Å². The van der Waals surface area contributed by atoms with Gasteiger partial charge in [-0.05, 0) is 30.3 Å². The fraction of sp³-hybridized carbons (Fsp3) is 0.118. The Morgan fingerprint density at radius 2 is 1.44 bits per heavy atom. The van der Waals surface area contributed by atoms with Gasteiger partial charge in [0.1, 0.15) is 0 Å². The van der Waals surface area contributed by atoms with Gasteiger partial charge in [0.05, 0.1) is 25.3 Å². The van der Waals surface area contributed by atoms with Gasteiger partial charge in [0.15, 0.2) is 11.5 Å². The van der Waals surface area contributed by atoms with Crippen molar-refractivity contribution in [2.75, 3.05) is 24.9 Å². The molecule has 0 atom stereocenters. The van der Waals surface area contributed by atoms with E-state index in [0.29, 0.717) is 22.9 Å². The van der Waals surface area contributed by atoms with Crippen LogP contribution < -0.4 is 25.4 Å². The molecule has 0 spiro atoms. The average Bonchev–Trinajstić information content (AvgIpc) is 2.88. The van der Waals surface area contributed by atoms with Crippen LogP contribution in [0.3, 0.4) is 0 Å². The lowest BCUT2D eigenvalue weighted by Crippen LogP contribution is -2.20. The number of amides is 4. The molecule has 2 aromatic rings. The number of methoxy groups -OCH3 is 2.